The van der Waals surface area contributed by atoms with Crippen molar-refractivity contribution < 1.29 is 14.3 Å². The predicted molar refractivity (Wildman–Crippen MR) is 69.8 cm³/mol. The second-order valence-electron chi connectivity index (χ2n) is 3.97. The molecule has 1 rings (SSSR count). The highest BCUT2D eigenvalue weighted by Crippen LogP contribution is 2.29. The molecule has 0 spiro atoms. The summed E-state index contributed by atoms with van der Waals surface area (Å²) in [7, 11) is 3.17. The first-order valence-electron chi connectivity index (χ1n) is 5.85. The monoisotopic (exact) mass is 252 g/mol. The van der Waals surface area contributed by atoms with Crippen LogP contribution in [0, 0.1) is 0 Å². The van der Waals surface area contributed by atoms with E-state index in [1.54, 1.807) is 20.2 Å². The second-order valence-corrected chi connectivity index (χ2v) is 3.97. The molecule has 5 nitrogen and oxygen atoms in total. The van der Waals surface area contributed by atoms with Crippen molar-refractivity contribution >= 4 is 5.91 Å². The van der Waals surface area contributed by atoms with Crippen LogP contribution in [-0.2, 0) is 4.79 Å². The number of ether oxygens (including phenoxy) is 2. The standard InChI is InChI=1S/C13H20N2O3/c1-9(14)10-4-5-11(12(8-10)17-3)18-7-6-13(16)15-2/h4-5,8-9H,6-7,14H2,1-3H3,(H,15,16)/t9-/m0/s1. The number of nitrogens with two attached hydrogens (primary N) is 1. The number of carbonyl (C=O) groups excluding carboxylic acids is 1. The highest BCUT2D eigenvalue weighted by atomic mass is 16.5. The number of carbonyl (C=O) groups is 1. The van der Waals surface area contributed by atoms with Gasteiger partial charge in [0.05, 0.1) is 20.1 Å². The molecule has 1 amide bonds. The summed E-state index contributed by atoms with van der Waals surface area (Å²) < 4.78 is 10.7. The third kappa shape index (κ3) is 3.92. The van der Waals surface area contributed by atoms with Crippen molar-refractivity contribution in [1.29, 1.82) is 0 Å². The fourth-order valence-electron chi connectivity index (χ4n) is 1.47. The minimum Gasteiger partial charge on any atom is -0.493 e. The normalized spacial score (nSPS) is 11.8. The molecule has 0 aliphatic rings. The topological polar surface area (TPSA) is 73.6 Å². The van der Waals surface area contributed by atoms with Crippen molar-refractivity contribution in [1.82, 2.24) is 5.32 Å². The summed E-state index contributed by atoms with van der Waals surface area (Å²) in [6.45, 7) is 2.22. The first kappa shape index (κ1) is 14.3. The van der Waals surface area contributed by atoms with Gasteiger partial charge in [-0.2, -0.15) is 0 Å². The summed E-state index contributed by atoms with van der Waals surface area (Å²) >= 11 is 0. The van der Waals surface area contributed by atoms with Gasteiger partial charge in [0.1, 0.15) is 0 Å². The van der Waals surface area contributed by atoms with Crippen molar-refractivity contribution in [3.63, 3.8) is 0 Å². The molecule has 0 unspecified atom stereocenters. The summed E-state index contributed by atoms with van der Waals surface area (Å²) in [5.74, 6) is 1.19. The summed E-state index contributed by atoms with van der Waals surface area (Å²) in [5, 5.41) is 2.54. The fourth-order valence-corrected chi connectivity index (χ4v) is 1.47. The van der Waals surface area contributed by atoms with Gasteiger partial charge in [-0.3, -0.25) is 4.79 Å². The lowest BCUT2D eigenvalue weighted by atomic mass is 10.1. The molecule has 0 saturated heterocycles. The Bertz CT molecular complexity index is 405. The van der Waals surface area contributed by atoms with Gasteiger partial charge in [-0.1, -0.05) is 6.07 Å². The van der Waals surface area contributed by atoms with Crippen LogP contribution in [0.3, 0.4) is 0 Å². The minimum atomic E-state index is -0.0566. The van der Waals surface area contributed by atoms with Crippen LogP contribution in [0.1, 0.15) is 24.9 Å². The average Bonchev–Trinajstić information content (AvgIpc) is 2.38. The van der Waals surface area contributed by atoms with Gasteiger partial charge in [-0.05, 0) is 24.6 Å². The Morgan fingerprint density at radius 3 is 2.72 bits per heavy atom. The Hall–Kier alpha value is -1.75. The molecule has 0 heterocycles. The summed E-state index contributed by atoms with van der Waals surface area (Å²) in [5.41, 5.74) is 6.77. The Morgan fingerprint density at radius 1 is 1.44 bits per heavy atom. The van der Waals surface area contributed by atoms with Crippen LogP contribution in [0.15, 0.2) is 18.2 Å². The highest BCUT2D eigenvalue weighted by Gasteiger charge is 2.08. The highest BCUT2D eigenvalue weighted by molar-refractivity contribution is 5.75. The van der Waals surface area contributed by atoms with E-state index >= 15 is 0 Å². The summed E-state index contributed by atoms with van der Waals surface area (Å²) in [6, 6.07) is 5.49. The zero-order chi connectivity index (χ0) is 13.5. The first-order chi connectivity index (χ1) is 8.58. The number of hydrogen-bond acceptors (Lipinski definition) is 4. The van der Waals surface area contributed by atoms with Gasteiger partial charge in [0, 0.05) is 13.1 Å². The third-order valence-electron chi connectivity index (χ3n) is 2.58. The van der Waals surface area contributed by atoms with E-state index in [1.165, 1.54) is 0 Å². The average molecular weight is 252 g/mol. The van der Waals surface area contributed by atoms with E-state index in [0.717, 1.165) is 5.56 Å². The number of nitrogens with one attached hydrogen (secondary N) is 1. The van der Waals surface area contributed by atoms with Crippen LogP contribution >= 0.6 is 0 Å². The third-order valence-corrected chi connectivity index (χ3v) is 2.58. The molecular formula is C13H20N2O3. The maximum Gasteiger partial charge on any atom is 0.223 e. The minimum absolute atomic E-state index is 0.0545. The Kier molecular flexibility index (Phi) is 5.45. The van der Waals surface area contributed by atoms with Crippen LogP contribution in [0.5, 0.6) is 11.5 Å². The van der Waals surface area contributed by atoms with Gasteiger partial charge >= 0.3 is 0 Å². The van der Waals surface area contributed by atoms with Crippen LogP contribution < -0.4 is 20.5 Å². The number of methoxy groups -OCH3 is 1. The van der Waals surface area contributed by atoms with E-state index in [1.807, 2.05) is 19.1 Å². The molecule has 0 aliphatic heterocycles. The van der Waals surface area contributed by atoms with Crippen molar-refractivity contribution in [2.75, 3.05) is 20.8 Å². The van der Waals surface area contributed by atoms with Crippen LogP contribution in [0.4, 0.5) is 0 Å². The fraction of sp³-hybridized carbons (Fsp3) is 0.462. The van der Waals surface area contributed by atoms with Crippen molar-refractivity contribution in [3.8, 4) is 11.5 Å². The van der Waals surface area contributed by atoms with Gasteiger partial charge < -0.3 is 20.5 Å². The SMILES string of the molecule is CNC(=O)CCOc1ccc([C@H](C)N)cc1OC. The zero-order valence-electron chi connectivity index (χ0n) is 11.0. The largest absolute Gasteiger partial charge is 0.493 e. The van der Waals surface area contributed by atoms with Gasteiger partial charge in [0.2, 0.25) is 5.91 Å². The molecule has 0 saturated carbocycles. The molecule has 100 valence electrons. The lowest BCUT2D eigenvalue weighted by molar-refractivity contribution is -0.121. The second kappa shape index (κ2) is 6.86. The van der Waals surface area contributed by atoms with E-state index in [9.17, 15) is 4.79 Å². The molecule has 1 atom stereocenters. The van der Waals surface area contributed by atoms with Gasteiger partial charge in [-0.15, -0.1) is 0 Å². The van der Waals surface area contributed by atoms with Crippen LogP contribution in [0.25, 0.3) is 0 Å². The van der Waals surface area contributed by atoms with E-state index < -0.39 is 0 Å². The number of benzene rings is 1. The maximum atomic E-state index is 11.1. The summed E-state index contributed by atoms with van der Waals surface area (Å²) in [6.07, 6.45) is 0.314. The molecule has 18 heavy (non-hydrogen) atoms. The number of hydrogen-bond donors (Lipinski definition) is 2. The van der Waals surface area contributed by atoms with E-state index in [-0.39, 0.29) is 11.9 Å². The molecule has 0 aromatic heterocycles. The van der Waals surface area contributed by atoms with Crippen LogP contribution in [0.2, 0.25) is 0 Å². The van der Waals surface area contributed by atoms with E-state index in [2.05, 4.69) is 5.32 Å². The lowest BCUT2D eigenvalue weighted by Crippen LogP contribution is -2.20. The van der Waals surface area contributed by atoms with Crippen molar-refractivity contribution in [3.05, 3.63) is 23.8 Å². The Balaban J connectivity index is 2.68. The molecule has 3 N–H and O–H groups in total. The Morgan fingerprint density at radius 2 is 2.17 bits per heavy atom. The molecular weight excluding hydrogens is 232 g/mol. The Labute approximate surface area is 107 Å². The molecule has 0 fully saturated rings. The lowest BCUT2D eigenvalue weighted by Gasteiger charge is -2.13. The van der Waals surface area contributed by atoms with Gasteiger partial charge in [0.25, 0.3) is 0 Å². The molecule has 1 aromatic carbocycles. The smallest absolute Gasteiger partial charge is 0.223 e. The quantitative estimate of drug-likeness (QED) is 0.798. The molecule has 0 aliphatic carbocycles. The molecule has 5 heteroatoms. The van der Waals surface area contributed by atoms with Gasteiger partial charge in [-0.25, -0.2) is 0 Å². The number of amides is 1. The molecule has 0 radical (unpaired) electrons. The number of rotatable bonds is 6. The summed E-state index contributed by atoms with van der Waals surface area (Å²) in [4.78, 5) is 11.1. The molecule has 0 bridgehead atoms. The van der Waals surface area contributed by atoms with E-state index in [0.29, 0.717) is 24.5 Å². The first-order valence-corrected chi connectivity index (χ1v) is 5.85. The van der Waals surface area contributed by atoms with Gasteiger partial charge in [0.15, 0.2) is 11.5 Å². The van der Waals surface area contributed by atoms with Crippen molar-refractivity contribution in [2.24, 2.45) is 5.73 Å². The van der Waals surface area contributed by atoms with Crippen molar-refractivity contribution in [2.45, 2.75) is 19.4 Å². The zero-order valence-corrected chi connectivity index (χ0v) is 11.0. The predicted octanol–water partition coefficient (Wildman–Crippen LogP) is 1.23. The van der Waals surface area contributed by atoms with Crippen LogP contribution in [-0.4, -0.2) is 26.7 Å². The van der Waals surface area contributed by atoms with E-state index in [4.69, 9.17) is 15.2 Å². The molecule has 1 aromatic rings. The maximum absolute atomic E-state index is 11.1.